The molecule has 0 saturated carbocycles. The second-order valence-corrected chi connectivity index (χ2v) is 4.08. The van der Waals surface area contributed by atoms with E-state index in [1.54, 1.807) is 6.07 Å². The van der Waals surface area contributed by atoms with Crippen LogP contribution in [0.4, 0.5) is 14.5 Å². The first-order valence-electron chi connectivity index (χ1n) is 5.38. The van der Waals surface area contributed by atoms with Gasteiger partial charge in [-0.1, -0.05) is 0 Å². The highest BCUT2D eigenvalue weighted by atomic mass is 19.1. The van der Waals surface area contributed by atoms with Crippen molar-refractivity contribution < 1.29 is 13.6 Å². The van der Waals surface area contributed by atoms with Gasteiger partial charge in [-0.05, 0) is 23.8 Å². The van der Waals surface area contributed by atoms with Crippen LogP contribution < -0.4 is 5.32 Å². The van der Waals surface area contributed by atoms with E-state index in [-0.39, 0.29) is 17.9 Å². The molecular weight excluding hydrogens is 238 g/mol. The minimum absolute atomic E-state index is 0.108. The summed E-state index contributed by atoms with van der Waals surface area (Å²) in [6, 6.07) is 4.97. The van der Waals surface area contributed by atoms with Crippen LogP contribution in [0, 0.1) is 11.6 Å². The number of carbonyl (C=O) groups excluding carboxylic acids is 1. The fraction of sp³-hybridized carbons (Fsp3) is 0.0769. The SMILES string of the molecule is O=C1Cc2cc(-c3ccc(F)cc3F)ncc2N1. The standard InChI is InChI=1S/C13H8F2N2O/c14-8-1-2-9(10(15)5-8)11-3-7-4-13(18)17-12(7)6-16-11/h1-3,5-6H,4H2,(H,17,18). The van der Waals surface area contributed by atoms with Gasteiger partial charge in [0.15, 0.2) is 0 Å². The van der Waals surface area contributed by atoms with Gasteiger partial charge in [-0.25, -0.2) is 8.78 Å². The zero-order valence-corrected chi connectivity index (χ0v) is 9.21. The number of halogens is 2. The van der Waals surface area contributed by atoms with E-state index in [2.05, 4.69) is 10.3 Å². The molecule has 0 bridgehead atoms. The van der Waals surface area contributed by atoms with Gasteiger partial charge in [0, 0.05) is 11.6 Å². The molecule has 1 N–H and O–H groups in total. The summed E-state index contributed by atoms with van der Waals surface area (Å²) in [6.07, 6.45) is 1.74. The lowest BCUT2D eigenvalue weighted by Gasteiger charge is -2.04. The summed E-state index contributed by atoms with van der Waals surface area (Å²) in [5, 5.41) is 2.64. The summed E-state index contributed by atoms with van der Waals surface area (Å²) < 4.78 is 26.4. The first-order valence-corrected chi connectivity index (χ1v) is 5.38. The van der Waals surface area contributed by atoms with Crippen molar-refractivity contribution in [3.05, 3.63) is 47.7 Å². The first kappa shape index (κ1) is 10.8. The molecule has 0 spiro atoms. The Bertz CT molecular complexity index is 655. The van der Waals surface area contributed by atoms with Gasteiger partial charge < -0.3 is 5.32 Å². The molecule has 90 valence electrons. The molecule has 18 heavy (non-hydrogen) atoms. The van der Waals surface area contributed by atoms with E-state index in [0.717, 1.165) is 11.6 Å². The molecule has 0 fully saturated rings. The number of pyridine rings is 1. The second-order valence-electron chi connectivity index (χ2n) is 4.08. The third kappa shape index (κ3) is 1.73. The smallest absolute Gasteiger partial charge is 0.228 e. The van der Waals surface area contributed by atoms with Crippen LogP contribution in [0.1, 0.15) is 5.56 Å². The Kier molecular flexibility index (Phi) is 2.33. The molecule has 3 nitrogen and oxygen atoms in total. The van der Waals surface area contributed by atoms with Crippen molar-refractivity contribution in [2.75, 3.05) is 5.32 Å². The number of hydrogen-bond acceptors (Lipinski definition) is 2. The number of aromatic nitrogens is 1. The van der Waals surface area contributed by atoms with E-state index in [9.17, 15) is 13.6 Å². The maximum atomic E-state index is 13.6. The Morgan fingerprint density at radius 3 is 2.83 bits per heavy atom. The minimum atomic E-state index is -0.667. The van der Waals surface area contributed by atoms with Crippen molar-refractivity contribution in [1.82, 2.24) is 4.98 Å². The molecule has 2 aromatic rings. The van der Waals surface area contributed by atoms with Crippen LogP contribution in [0.3, 0.4) is 0 Å². The van der Waals surface area contributed by atoms with Gasteiger partial charge in [-0.3, -0.25) is 9.78 Å². The molecule has 2 heterocycles. The molecule has 0 atom stereocenters. The summed E-state index contributed by atoms with van der Waals surface area (Å²) in [7, 11) is 0. The summed E-state index contributed by atoms with van der Waals surface area (Å²) in [5.74, 6) is -1.41. The molecule has 3 rings (SSSR count). The van der Waals surface area contributed by atoms with Crippen molar-refractivity contribution in [1.29, 1.82) is 0 Å². The number of amides is 1. The number of fused-ring (bicyclic) bond motifs is 1. The predicted octanol–water partition coefficient (Wildman–Crippen LogP) is 2.52. The molecule has 0 aliphatic carbocycles. The number of benzene rings is 1. The molecule has 0 radical (unpaired) electrons. The number of hydrogen-bond donors (Lipinski definition) is 1. The lowest BCUT2D eigenvalue weighted by atomic mass is 10.1. The largest absolute Gasteiger partial charge is 0.324 e. The van der Waals surface area contributed by atoms with Gasteiger partial charge >= 0.3 is 0 Å². The van der Waals surface area contributed by atoms with Crippen LogP contribution in [-0.4, -0.2) is 10.9 Å². The Balaban J connectivity index is 2.08. The third-order valence-corrected chi connectivity index (χ3v) is 2.82. The van der Waals surface area contributed by atoms with Crippen molar-refractivity contribution >= 4 is 11.6 Å². The molecule has 5 heteroatoms. The highest BCUT2D eigenvalue weighted by molar-refractivity contribution is 5.99. The average molecular weight is 246 g/mol. The van der Waals surface area contributed by atoms with Crippen molar-refractivity contribution in [3.8, 4) is 11.3 Å². The average Bonchev–Trinajstić information content (AvgIpc) is 2.68. The summed E-state index contributed by atoms with van der Waals surface area (Å²) in [4.78, 5) is 15.3. The highest BCUT2D eigenvalue weighted by Gasteiger charge is 2.19. The Hall–Kier alpha value is -2.30. The van der Waals surface area contributed by atoms with E-state index in [1.807, 2.05) is 0 Å². The highest BCUT2D eigenvalue weighted by Crippen LogP contribution is 2.28. The van der Waals surface area contributed by atoms with Gasteiger partial charge in [0.25, 0.3) is 0 Å². The van der Waals surface area contributed by atoms with Crippen LogP contribution in [-0.2, 0) is 11.2 Å². The molecule has 1 aromatic carbocycles. The maximum absolute atomic E-state index is 13.6. The lowest BCUT2D eigenvalue weighted by molar-refractivity contribution is -0.115. The summed E-state index contributed by atoms with van der Waals surface area (Å²) in [6.45, 7) is 0. The minimum Gasteiger partial charge on any atom is -0.324 e. The molecule has 0 unspecified atom stereocenters. The van der Waals surface area contributed by atoms with Gasteiger partial charge in [0.2, 0.25) is 5.91 Å². The molecule has 1 aliphatic heterocycles. The van der Waals surface area contributed by atoms with Gasteiger partial charge in [0.05, 0.1) is 24.0 Å². The van der Waals surface area contributed by atoms with E-state index in [0.29, 0.717) is 11.4 Å². The number of carbonyl (C=O) groups is 1. The monoisotopic (exact) mass is 246 g/mol. The molecule has 1 amide bonds. The number of nitrogens with one attached hydrogen (secondary N) is 1. The van der Waals surface area contributed by atoms with Crippen molar-refractivity contribution in [2.45, 2.75) is 6.42 Å². The van der Waals surface area contributed by atoms with Crippen LogP contribution in [0.5, 0.6) is 0 Å². The van der Waals surface area contributed by atoms with Gasteiger partial charge in [-0.2, -0.15) is 0 Å². The van der Waals surface area contributed by atoms with E-state index >= 15 is 0 Å². The topological polar surface area (TPSA) is 42.0 Å². The molecule has 1 aliphatic rings. The summed E-state index contributed by atoms with van der Waals surface area (Å²) in [5.41, 5.74) is 2.03. The summed E-state index contributed by atoms with van der Waals surface area (Å²) >= 11 is 0. The van der Waals surface area contributed by atoms with E-state index < -0.39 is 11.6 Å². The van der Waals surface area contributed by atoms with Crippen LogP contribution in [0.15, 0.2) is 30.5 Å². The van der Waals surface area contributed by atoms with Gasteiger partial charge in [-0.15, -0.1) is 0 Å². The normalized spacial score (nSPS) is 13.3. The molecule has 0 saturated heterocycles. The van der Waals surface area contributed by atoms with E-state index in [1.165, 1.54) is 18.3 Å². The fourth-order valence-electron chi connectivity index (χ4n) is 1.97. The van der Waals surface area contributed by atoms with Crippen molar-refractivity contribution in [3.63, 3.8) is 0 Å². The lowest BCUT2D eigenvalue weighted by Crippen LogP contribution is -2.03. The zero-order valence-electron chi connectivity index (χ0n) is 9.21. The van der Waals surface area contributed by atoms with Crippen LogP contribution in [0.2, 0.25) is 0 Å². The van der Waals surface area contributed by atoms with Crippen molar-refractivity contribution in [2.24, 2.45) is 0 Å². The molecular formula is C13H8F2N2O. The van der Waals surface area contributed by atoms with Gasteiger partial charge in [0.1, 0.15) is 11.6 Å². The van der Waals surface area contributed by atoms with E-state index in [4.69, 9.17) is 0 Å². The maximum Gasteiger partial charge on any atom is 0.228 e. The Morgan fingerprint density at radius 2 is 2.06 bits per heavy atom. The number of rotatable bonds is 1. The predicted molar refractivity (Wildman–Crippen MR) is 61.9 cm³/mol. The number of anilines is 1. The Labute approximate surface area is 101 Å². The first-order chi connectivity index (χ1) is 8.63. The zero-order chi connectivity index (χ0) is 12.7. The second kappa shape index (κ2) is 3.87. The quantitative estimate of drug-likeness (QED) is 0.840. The van der Waals surface area contributed by atoms with Crippen LogP contribution >= 0.6 is 0 Å². The fourth-order valence-corrected chi connectivity index (χ4v) is 1.97. The third-order valence-electron chi connectivity index (χ3n) is 2.82. The van der Waals surface area contributed by atoms with Crippen LogP contribution in [0.25, 0.3) is 11.3 Å². The number of nitrogens with zero attached hydrogens (tertiary/aromatic N) is 1. The molecule has 1 aromatic heterocycles. The Morgan fingerprint density at radius 1 is 1.22 bits per heavy atom.